The molecule has 0 spiro atoms. The Kier molecular flexibility index (Phi) is 4.84. The average Bonchev–Trinajstić information content (AvgIpc) is 3.17. The maximum absolute atomic E-state index is 10.9. The van der Waals surface area contributed by atoms with E-state index >= 15 is 0 Å². The van der Waals surface area contributed by atoms with Crippen molar-refractivity contribution in [3.05, 3.63) is 22.7 Å². The number of hydrogen-bond donors (Lipinski definition) is 1. The number of carbonyl (C=O) groups excluding carboxylic acids is 1. The van der Waals surface area contributed by atoms with Gasteiger partial charge in [0.05, 0.1) is 6.54 Å². The third kappa shape index (κ3) is 3.92. The zero-order valence-corrected chi connectivity index (χ0v) is 13.4. The first-order chi connectivity index (χ1) is 10.7. The molecule has 0 radical (unpaired) electrons. The van der Waals surface area contributed by atoms with E-state index in [9.17, 15) is 4.79 Å². The highest BCUT2D eigenvalue weighted by molar-refractivity contribution is 7.08. The summed E-state index contributed by atoms with van der Waals surface area (Å²) in [6.45, 7) is 5.05. The molecule has 2 aromatic heterocycles. The van der Waals surface area contributed by atoms with Crippen LogP contribution in [0.4, 0.5) is 0 Å². The summed E-state index contributed by atoms with van der Waals surface area (Å²) in [5.74, 6) is 1.96. The van der Waals surface area contributed by atoms with Crippen LogP contribution in [-0.2, 0) is 11.3 Å². The largest absolute Gasteiger partial charge is 0.356 e. The SMILES string of the molecule is CC(=O)NCC1CCN(Cc2nc(-c3ccsc3)no2)CC1. The lowest BCUT2D eigenvalue weighted by Gasteiger charge is -2.30. The smallest absolute Gasteiger partial charge is 0.241 e. The molecule has 1 aliphatic heterocycles. The van der Waals surface area contributed by atoms with Crippen LogP contribution in [0.25, 0.3) is 11.4 Å². The molecule has 2 aromatic rings. The van der Waals surface area contributed by atoms with Crippen molar-refractivity contribution in [3.8, 4) is 11.4 Å². The third-order valence-corrected chi connectivity index (χ3v) is 4.64. The number of amides is 1. The Hall–Kier alpha value is -1.73. The van der Waals surface area contributed by atoms with E-state index < -0.39 is 0 Å². The van der Waals surface area contributed by atoms with Crippen LogP contribution in [0.1, 0.15) is 25.7 Å². The molecule has 7 heteroatoms. The van der Waals surface area contributed by atoms with Gasteiger partial charge in [-0.1, -0.05) is 5.16 Å². The first kappa shape index (κ1) is 15.2. The van der Waals surface area contributed by atoms with Crippen molar-refractivity contribution >= 4 is 17.2 Å². The fraction of sp³-hybridized carbons (Fsp3) is 0.533. The molecule has 3 heterocycles. The predicted octanol–water partition coefficient (Wildman–Crippen LogP) is 2.15. The van der Waals surface area contributed by atoms with Crippen LogP contribution < -0.4 is 5.32 Å². The zero-order valence-electron chi connectivity index (χ0n) is 12.6. The van der Waals surface area contributed by atoms with Gasteiger partial charge in [-0.3, -0.25) is 9.69 Å². The van der Waals surface area contributed by atoms with Gasteiger partial charge < -0.3 is 9.84 Å². The Balaban J connectivity index is 1.48. The standard InChI is InChI=1S/C15H20N4O2S/c1-11(20)16-8-12-2-5-19(6-3-12)9-14-17-15(18-21-14)13-4-7-22-10-13/h4,7,10,12H,2-3,5-6,8-9H2,1H3,(H,16,20). The molecule has 0 aliphatic carbocycles. The van der Waals surface area contributed by atoms with Gasteiger partial charge in [0.1, 0.15) is 0 Å². The van der Waals surface area contributed by atoms with Gasteiger partial charge in [0.15, 0.2) is 0 Å². The van der Waals surface area contributed by atoms with Crippen molar-refractivity contribution in [3.63, 3.8) is 0 Å². The molecule has 1 saturated heterocycles. The van der Waals surface area contributed by atoms with Gasteiger partial charge in [0, 0.05) is 24.4 Å². The number of carbonyl (C=O) groups is 1. The van der Waals surface area contributed by atoms with E-state index in [0.29, 0.717) is 24.2 Å². The zero-order chi connectivity index (χ0) is 15.4. The van der Waals surface area contributed by atoms with Crippen LogP contribution in [0.15, 0.2) is 21.3 Å². The van der Waals surface area contributed by atoms with Crippen molar-refractivity contribution in [2.45, 2.75) is 26.3 Å². The van der Waals surface area contributed by atoms with Gasteiger partial charge in [0.2, 0.25) is 17.6 Å². The summed E-state index contributed by atoms with van der Waals surface area (Å²) in [7, 11) is 0. The van der Waals surface area contributed by atoms with Gasteiger partial charge in [-0.2, -0.15) is 16.3 Å². The monoisotopic (exact) mass is 320 g/mol. The summed E-state index contributed by atoms with van der Waals surface area (Å²) in [6.07, 6.45) is 2.18. The highest BCUT2D eigenvalue weighted by Gasteiger charge is 2.21. The fourth-order valence-corrected chi connectivity index (χ4v) is 3.29. The van der Waals surface area contributed by atoms with E-state index in [0.717, 1.165) is 38.0 Å². The number of thiophene rings is 1. The second-order valence-corrected chi connectivity index (χ2v) is 6.46. The molecule has 1 N–H and O–H groups in total. The minimum Gasteiger partial charge on any atom is -0.356 e. The van der Waals surface area contributed by atoms with E-state index in [2.05, 4.69) is 20.4 Å². The minimum atomic E-state index is 0.0502. The minimum absolute atomic E-state index is 0.0502. The molecule has 0 saturated carbocycles. The van der Waals surface area contributed by atoms with Crippen LogP contribution in [0.3, 0.4) is 0 Å². The van der Waals surface area contributed by atoms with E-state index in [-0.39, 0.29) is 5.91 Å². The molecule has 1 fully saturated rings. The summed E-state index contributed by atoms with van der Waals surface area (Å²) >= 11 is 1.62. The van der Waals surface area contributed by atoms with Crippen molar-refractivity contribution in [1.82, 2.24) is 20.4 Å². The molecule has 118 valence electrons. The van der Waals surface area contributed by atoms with Gasteiger partial charge >= 0.3 is 0 Å². The number of piperidine rings is 1. The normalized spacial score (nSPS) is 16.8. The second kappa shape index (κ2) is 7.02. The number of rotatable bonds is 5. The second-order valence-electron chi connectivity index (χ2n) is 5.68. The van der Waals surface area contributed by atoms with Gasteiger partial charge in [-0.25, -0.2) is 0 Å². The molecule has 1 amide bonds. The van der Waals surface area contributed by atoms with Crippen LogP contribution in [0, 0.1) is 5.92 Å². The molecule has 1 aliphatic rings. The van der Waals surface area contributed by atoms with E-state index in [1.54, 1.807) is 18.3 Å². The fourth-order valence-electron chi connectivity index (χ4n) is 2.66. The van der Waals surface area contributed by atoms with Gasteiger partial charge in [-0.15, -0.1) is 0 Å². The summed E-state index contributed by atoms with van der Waals surface area (Å²) in [5.41, 5.74) is 1.01. The van der Waals surface area contributed by atoms with Gasteiger partial charge in [-0.05, 0) is 43.3 Å². The molecule has 3 rings (SSSR count). The first-order valence-corrected chi connectivity index (χ1v) is 8.47. The Morgan fingerprint density at radius 1 is 1.50 bits per heavy atom. The maximum Gasteiger partial charge on any atom is 0.241 e. The molecule has 0 bridgehead atoms. The Bertz CT molecular complexity index is 603. The van der Waals surface area contributed by atoms with E-state index in [4.69, 9.17) is 4.52 Å². The number of likely N-dealkylation sites (tertiary alicyclic amines) is 1. The van der Waals surface area contributed by atoms with Crippen molar-refractivity contribution < 1.29 is 9.32 Å². The molecule has 0 unspecified atom stereocenters. The summed E-state index contributed by atoms with van der Waals surface area (Å²) in [6, 6.07) is 1.99. The van der Waals surface area contributed by atoms with E-state index in [1.807, 2.05) is 16.8 Å². The molecular formula is C15H20N4O2S. The maximum atomic E-state index is 10.9. The molecule has 22 heavy (non-hydrogen) atoms. The van der Waals surface area contributed by atoms with Crippen LogP contribution in [-0.4, -0.2) is 40.6 Å². The van der Waals surface area contributed by atoms with Crippen LogP contribution >= 0.6 is 11.3 Å². The molecule has 0 atom stereocenters. The van der Waals surface area contributed by atoms with Crippen molar-refractivity contribution in [2.75, 3.05) is 19.6 Å². The average molecular weight is 320 g/mol. The quantitative estimate of drug-likeness (QED) is 0.914. The lowest BCUT2D eigenvalue weighted by atomic mass is 9.97. The lowest BCUT2D eigenvalue weighted by Crippen LogP contribution is -2.37. The highest BCUT2D eigenvalue weighted by atomic mass is 32.1. The number of nitrogens with one attached hydrogen (secondary N) is 1. The van der Waals surface area contributed by atoms with Gasteiger partial charge in [0.25, 0.3) is 0 Å². The number of nitrogens with zero attached hydrogens (tertiary/aromatic N) is 3. The van der Waals surface area contributed by atoms with Crippen molar-refractivity contribution in [2.24, 2.45) is 5.92 Å². The highest BCUT2D eigenvalue weighted by Crippen LogP contribution is 2.21. The number of aromatic nitrogens is 2. The summed E-state index contributed by atoms with van der Waals surface area (Å²) in [5, 5.41) is 11.0. The predicted molar refractivity (Wildman–Crippen MR) is 84.3 cm³/mol. The Morgan fingerprint density at radius 2 is 2.32 bits per heavy atom. The molecule has 6 nitrogen and oxygen atoms in total. The van der Waals surface area contributed by atoms with Crippen molar-refractivity contribution in [1.29, 1.82) is 0 Å². The van der Waals surface area contributed by atoms with Crippen LogP contribution in [0.5, 0.6) is 0 Å². The topological polar surface area (TPSA) is 71.3 Å². The third-order valence-electron chi connectivity index (χ3n) is 3.95. The van der Waals surface area contributed by atoms with Crippen LogP contribution in [0.2, 0.25) is 0 Å². The lowest BCUT2D eigenvalue weighted by molar-refractivity contribution is -0.119. The summed E-state index contributed by atoms with van der Waals surface area (Å²) in [4.78, 5) is 17.7. The molecule has 0 aromatic carbocycles. The summed E-state index contributed by atoms with van der Waals surface area (Å²) < 4.78 is 5.34. The Labute approximate surface area is 133 Å². The van der Waals surface area contributed by atoms with E-state index in [1.165, 1.54) is 0 Å². The Morgan fingerprint density at radius 3 is 3.00 bits per heavy atom. The first-order valence-electron chi connectivity index (χ1n) is 7.52. The number of hydrogen-bond acceptors (Lipinski definition) is 6. The molecular weight excluding hydrogens is 300 g/mol.